The summed E-state index contributed by atoms with van der Waals surface area (Å²) < 4.78 is 81.6. The second-order valence-corrected chi connectivity index (χ2v) is 10.1. The molecule has 0 fully saturated rings. The Morgan fingerprint density at radius 1 is 0.833 bits per heavy atom. The molecule has 0 saturated carbocycles. The van der Waals surface area contributed by atoms with Crippen LogP contribution in [0.4, 0.5) is 20.2 Å². The molecule has 0 amide bonds. The topological polar surface area (TPSA) is 95.6 Å². The maximum absolute atomic E-state index is 13.5. The van der Waals surface area contributed by atoms with Crippen LogP contribution in [0.2, 0.25) is 0 Å². The van der Waals surface area contributed by atoms with Gasteiger partial charge in [-0.3, -0.25) is 4.72 Å². The van der Waals surface area contributed by atoms with Crippen molar-refractivity contribution in [1.29, 1.82) is 0 Å². The molecule has 0 bridgehead atoms. The second kappa shape index (κ2) is 9.71. The first kappa shape index (κ1) is 24.0. The Morgan fingerprint density at radius 2 is 1.43 bits per heavy atom. The highest BCUT2D eigenvalue weighted by Crippen LogP contribution is 2.29. The van der Waals surface area contributed by atoms with E-state index in [1.165, 1.54) is 22.5 Å². The predicted molar refractivity (Wildman–Crippen MR) is 112 cm³/mol. The number of halogens is 2. The van der Waals surface area contributed by atoms with Crippen LogP contribution in [-0.4, -0.2) is 40.8 Å². The van der Waals surface area contributed by atoms with Crippen LogP contribution in [0.5, 0.6) is 0 Å². The van der Waals surface area contributed by atoms with E-state index in [9.17, 15) is 25.6 Å². The number of sulfonamides is 2. The van der Waals surface area contributed by atoms with Crippen LogP contribution >= 0.6 is 0 Å². The minimum absolute atomic E-state index is 0.0404. The summed E-state index contributed by atoms with van der Waals surface area (Å²) in [5, 5.41) is 3.01. The average Bonchev–Trinajstić information content (AvgIpc) is 2.66. The van der Waals surface area contributed by atoms with Crippen molar-refractivity contribution in [3.8, 4) is 0 Å². The number of hydrogen-bond donors (Lipinski definition) is 2. The monoisotopic (exact) mass is 461 g/mol. The van der Waals surface area contributed by atoms with Crippen molar-refractivity contribution < 1.29 is 25.6 Å². The van der Waals surface area contributed by atoms with E-state index in [1.807, 2.05) is 6.92 Å². The summed E-state index contributed by atoms with van der Waals surface area (Å²) in [6.07, 6.45) is 0.737. The molecule has 2 aromatic carbocycles. The van der Waals surface area contributed by atoms with Crippen molar-refractivity contribution in [2.75, 3.05) is 29.7 Å². The number of hydrogen-bond acceptors (Lipinski definition) is 5. The van der Waals surface area contributed by atoms with Gasteiger partial charge >= 0.3 is 0 Å². The molecule has 166 valence electrons. The van der Waals surface area contributed by atoms with Gasteiger partial charge in [0, 0.05) is 25.7 Å². The second-order valence-electron chi connectivity index (χ2n) is 6.43. The van der Waals surface area contributed by atoms with E-state index in [2.05, 4.69) is 10.0 Å². The van der Waals surface area contributed by atoms with E-state index < -0.39 is 36.6 Å². The van der Waals surface area contributed by atoms with Crippen molar-refractivity contribution in [1.82, 2.24) is 4.31 Å². The van der Waals surface area contributed by atoms with E-state index in [4.69, 9.17) is 0 Å². The van der Waals surface area contributed by atoms with Crippen LogP contribution in [0.3, 0.4) is 0 Å². The van der Waals surface area contributed by atoms with Gasteiger partial charge in [0.2, 0.25) is 10.0 Å². The van der Waals surface area contributed by atoms with Crippen molar-refractivity contribution in [2.24, 2.45) is 0 Å². The molecule has 0 aromatic heterocycles. The summed E-state index contributed by atoms with van der Waals surface area (Å²) in [5.74, 6) is -2.09. The molecule has 0 unspecified atom stereocenters. The molecule has 0 heterocycles. The zero-order chi connectivity index (χ0) is 22.5. The minimum Gasteiger partial charge on any atom is -0.383 e. The van der Waals surface area contributed by atoms with Crippen LogP contribution in [-0.2, 0) is 20.0 Å². The number of benzene rings is 2. The fraction of sp³-hybridized carbons (Fsp3) is 0.368. The Hall–Kier alpha value is -2.24. The Balaban J connectivity index is 2.55. The molecule has 0 radical (unpaired) electrons. The van der Waals surface area contributed by atoms with Crippen molar-refractivity contribution in [2.45, 2.75) is 37.0 Å². The van der Waals surface area contributed by atoms with Crippen molar-refractivity contribution in [3.63, 3.8) is 0 Å². The molecule has 0 saturated heterocycles. The molecule has 2 rings (SSSR count). The normalized spacial score (nSPS) is 12.2. The summed E-state index contributed by atoms with van der Waals surface area (Å²) >= 11 is 0. The first-order valence-corrected chi connectivity index (χ1v) is 12.3. The van der Waals surface area contributed by atoms with Crippen molar-refractivity contribution >= 4 is 31.4 Å². The lowest BCUT2D eigenvalue weighted by Gasteiger charge is -2.20. The van der Waals surface area contributed by atoms with Crippen LogP contribution in [0, 0.1) is 11.6 Å². The van der Waals surface area contributed by atoms with Gasteiger partial charge < -0.3 is 5.32 Å². The molecular formula is C19H25F2N3O4S2. The van der Waals surface area contributed by atoms with Gasteiger partial charge in [0.1, 0.15) is 11.6 Å². The average molecular weight is 462 g/mol. The number of rotatable bonds is 10. The highest BCUT2D eigenvalue weighted by Gasteiger charge is 2.24. The molecule has 0 spiro atoms. The van der Waals surface area contributed by atoms with Gasteiger partial charge in [0.25, 0.3) is 10.0 Å². The highest BCUT2D eigenvalue weighted by atomic mass is 32.2. The lowest BCUT2D eigenvalue weighted by atomic mass is 10.2. The predicted octanol–water partition coefficient (Wildman–Crippen LogP) is 3.62. The van der Waals surface area contributed by atoms with Crippen LogP contribution in [0.15, 0.2) is 46.2 Å². The fourth-order valence-corrected chi connectivity index (χ4v) is 5.38. The van der Waals surface area contributed by atoms with Gasteiger partial charge in [-0.25, -0.2) is 25.6 Å². The SMILES string of the molecule is CCCNc1ccc(S(=O)(=O)N(CC)CC)cc1NS(=O)(=O)c1cc(F)cc(F)c1. The maximum Gasteiger partial charge on any atom is 0.262 e. The standard InChI is InChI=1S/C19H25F2N3O4S2/c1-4-9-22-18-8-7-16(30(27,28)24(5-2)6-3)13-19(18)23-29(25,26)17-11-14(20)10-15(21)12-17/h7-8,10-13,22-23H,4-6,9H2,1-3H3. The summed E-state index contributed by atoms with van der Waals surface area (Å²) in [6.45, 7) is 6.30. The third-order valence-corrected chi connectivity index (χ3v) is 7.68. The summed E-state index contributed by atoms with van der Waals surface area (Å²) in [6, 6.07) is 5.95. The lowest BCUT2D eigenvalue weighted by molar-refractivity contribution is 0.445. The van der Waals surface area contributed by atoms with Gasteiger partial charge in [0.05, 0.1) is 21.2 Å². The Bertz CT molecular complexity index is 1080. The molecule has 0 atom stereocenters. The van der Waals surface area contributed by atoms with Crippen LogP contribution < -0.4 is 10.0 Å². The van der Waals surface area contributed by atoms with Crippen LogP contribution in [0.1, 0.15) is 27.2 Å². The number of nitrogens with one attached hydrogen (secondary N) is 2. The minimum atomic E-state index is -4.38. The fourth-order valence-electron chi connectivity index (χ4n) is 2.78. The quantitative estimate of drug-likeness (QED) is 0.564. The molecule has 0 aliphatic carbocycles. The van der Waals surface area contributed by atoms with E-state index >= 15 is 0 Å². The number of nitrogens with zero attached hydrogens (tertiary/aromatic N) is 1. The summed E-state index contributed by atoms with van der Waals surface area (Å²) in [5.41, 5.74) is 0.303. The Morgan fingerprint density at radius 3 is 1.97 bits per heavy atom. The van der Waals surface area contributed by atoms with Gasteiger partial charge in [-0.15, -0.1) is 0 Å². The highest BCUT2D eigenvalue weighted by molar-refractivity contribution is 7.92. The molecule has 7 nitrogen and oxygen atoms in total. The van der Waals surface area contributed by atoms with Gasteiger partial charge in [0.15, 0.2) is 0 Å². The molecule has 2 N–H and O–H groups in total. The van der Waals surface area contributed by atoms with E-state index in [0.29, 0.717) is 30.4 Å². The molecule has 0 aliphatic heterocycles. The Labute approximate surface area is 176 Å². The molecule has 11 heteroatoms. The van der Waals surface area contributed by atoms with Gasteiger partial charge in [-0.05, 0) is 36.8 Å². The third kappa shape index (κ3) is 5.46. The zero-order valence-electron chi connectivity index (χ0n) is 16.9. The summed E-state index contributed by atoms with van der Waals surface area (Å²) in [4.78, 5) is -0.713. The first-order chi connectivity index (χ1) is 14.0. The van der Waals surface area contributed by atoms with Crippen LogP contribution in [0.25, 0.3) is 0 Å². The third-order valence-electron chi connectivity index (χ3n) is 4.29. The largest absolute Gasteiger partial charge is 0.383 e. The summed E-state index contributed by atoms with van der Waals surface area (Å²) in [7, 11) is -8.22. The first-order valence-electron chi connectivity index (χ1n) is 9.42. The molecule has 0 aliphatic rings. The van der Waals surface area contributed by atoms with E-state index in [1.54, 1.807) is 13.8 Å². The zero-order valence-corrected chi connectivity index (χ0v) is 18.6. The van der Waals surface area contributed by atoms with E-state index in [-0.39, 0.29) is 23.7 Å². The molecular weight excluding hydrogens is 436 g/mol. The maximum atomic E-state index is 13.5. The van der Waals surface area contributed by atoms with Gasteiger partial charge in [-0.1, -0.05) is 20.8 Å². The smallest absolute Gasteiger partial charge is 0.262 e. The van der Waals surface area contributed by atoms with Gasteiger partial charge in [-0.2, -0.15) is 4.31 Å². The molecule has 2 aromatic rings. The number of anilines is 2. The van der Waals surface area contributed by atoms with E-state index in [0.717, 1.165) is 6.42 Å². The Kier molecular flexibility index (Phi) is 7.78. The molecule has 30 heavy (non-hydrogen) atoms. The lowest BCUT2D eigenvalue weighted by Crippen LogP contribution is -2.30. The van der Waals surface area contributed by atoms with Crippen molar-refractivity contribution in [3.05, 3.63) is 48.0 Å².